The number of hydrogen-bond donors (Lipinski definition) is 1. The van der Waals surface area contributed by atoms with Gasteiger partial charge in [-0.2, -0.15) is 0 Å². The van der Waals surface area contributed by atoms with Crippen molar-refractivity contribution in [2.45, 2.75) is 19.0 Å². The molecule has 0 saturated heterocycles. The molecular weight excluding hydrogens is 483 g/mol. The van der Waals surface area contributed by atoms with E-state index in [0.717, 1.165) is 5.56 Å². The van der Waals surface area contributed by atoms with E-state index in [1.54, 1.807) is 31.4 Å². The SMILES string of the molecule is COc1ccc(CN(C)S(=O)(=O)C[C@](C)(N[S+](C)[O-])c2cc(Br)ccc2F)cc1. The van der Waals surface area contributed by atoms with E-state index >= 15 is 0 Å². The van der Waals surface area contributed by atoms with Gasteiger partial charge in [-0.25, -0.2) is 17.1 Å². The maximum atomic E-state index is 14.5. The second-order valence-corrected chi connectivity index (χ2v) is 11.0. The molecule has 2 aromatic carbocycles. The van der Waals surface area contributed by atoms with Crippen LogP contribution in [0.1, 0.15) is 18.1 Å². The van der Waals surface area contributed by atoms with Gasteiger partial charge in [0.2, 0.25) is 10.0 Å². The Balaban J connectivity index is 2.31. The lowest BCUT2D eigenvalue weighted by molar-refractivity contribution is 0.412. The summed E-state index contributed by atoms with van der Waals surface area (Å²) < 4.78 is 62.1. The van der Waals surface area contributed by atoms with Crippen LogP contribution in [0, 0.1) is 5.82 Å². The molecule has 0 aromatic heterocycles. The Hall–Kier alpha value is -1.17. The first-order valence-electron chi connectivity index (χ1n) is 8.60. The van der Waals surface area contributed by atoms with Crippen LogP contribution in [-0.4, -0.2) is 43.4 Å². The van der Waals surface area contributed by atoms with Crippen LogP contribution >= 0.6 is 15.9 Å². The number of ether oxygens (including phenoxy) is 1. The van der Waals surface area contributed by atoms with Crippen molar-refractivity contribution in [2.24, 2.45) is 0 Å². The normalized spacial score (nSPS) is 15.2. The van der Waals surface area contributed by atoms with Gasteiger partial charge >= 0.3 is 0 Å². The molecule has 0 fully saturated rings. The average molecular weight is 507 g/mol. The number of benzene rings is 2. The van der Waals surface area contributed by atoms with Gasteiger partial charge in [0.1, 0.15) is 23.4 Å². The van der Waals surface area contributed by atoms with Crippen LogP contribution in [0.5, 0.6) is 5.75 Å². The molecule has 0 saturated carbocycles. The Kier molecular flexibility index (Phi) is 8.11. The van der Waals surface area contributed by atoms with Crippen molar-refractivity contribution < 1.29 is 22.1 Å². The lowest BCUT2D eigenvalue weighted by Gasteiger charge is -2.32. The van der Waals surface area contributed by atoms with E-state index in [0.29, 0.717) is 10.2 Å². The minimum absolute atomic E-state index is 0.114. The van der Waals surface area contributed by atoms with Crippen LogP contribution < -0.4 is 9.46 Å². The molecule has 10 heteroatoms. The van der Waals surface area contributed by atoms with Crippen molar-refractivity contribution in [3.8, 4) is 5.75 Å². The molecule has 0 aliphatic heterocycles. The molecule has 0 aliphatic carbocycles. The lowest BCUT2D eigenvalue weighted by Crippen LogP contribution is -2.50. The van der Waals surface area contributed by atoms with Crippen LogP contribution in [0.4, 0.5) is 4.39 Å². The molecule has 0 radical (unpaired) electrons. The van der Waals surface area contributed by atoms with E-state index in [2.05, 4.69) is 20.7 Å². The zero-order chi connectivity index (χ0) is 21.8. The molecule has 2 rings (SSSR count). The number of sulfonamides is 1. The van der Waals surface area contributed by atoms with Crippen LogP contribution in [0.3, 0.4) is 0 Å². The standard InChI is InChI=1S/C19H24BrFN2O4S2/c1-19(22-28(4)24,17-11-15(20)7-10-18(17)21)13-29(25,26)23(2)12-14-5-8-16(27-3)9-6-14/h5-11,22H,12-13H2,1-4H3/t19-,28?/m0/s1. The minimum Gasteiger partial charge on any atom is -0.598 e. The third-order valence-corrected chi connectivity index (χ3v) is 7.65. The second-order valence-electron chi connectivity index (χ2n) is 6.87. The predicted molar refractivity (Wildman–Crippen MR) is 117 cm³/mol. The molecule has 2 aromatic rings. The Bertz CT molecular complexity index is 942. The van der Waals surface area contributed by atoms with Crippen molar-refractivity contribution in [3.63, 3.8) is 0 Å². The molecule has 160 valence electrons. The van der Waals surface area contributed by atoms with Gasteiger partial charge in [-0.15, -0.1) is 4.72 Å². The summed E-state index contributed by atoms with van der Waals surface area (Å²) in [5.41, 5.74) is -0.511. The van der Waals surface area contributed by atoms with Crippen LogP contribution in [0.15, 0.2) is 46.9 Å². The van der Waals surface area contributed by atoms with Crippen molar-refractivity contribution in [1.29, 1.82) is 0 Å². The molecule has 0 bridgehead atoms. The first-order valence-corrected chi connectivity index (χ1v) is 12.6. The number of hydrogen-bond acceptors (Lipinski definition) is 5. The highest BCUT2D eigenvalue weighted by atomic mass is 79.9. The Labute approximate surface area is 182 Å². The molecule has 2 atom stereocenters. The van der Waals surface area contributed by atoms with E-state index < -0.39 is 38.5 Å². The van der Waals surface area contributed by atoms with Crippen LogP contribution in [0.2, 0.25) is 0 Å². The Morgan fingerprint density at radius 3 is 2.45 bits per heavy atom. The smallest absolute Gasteiger partial charge is 0.216 e. The summed E-state index contributed by atoms with van der Waals surface area (Å²) in [7, 11) is -0.820. The highest BCUT2D eigenvalue weighted by molar-refractivity contribution is 9.10. The second kappa shape index (κ2) is 9.76. The summed E-state index contributed by atoms with van der Waals surface area (Å²) in [6.07, 6.45) is 1.38. The van der Waals surface area contributed by atoms with Crippen molar-refractivity contribution in [3.05, 3.63) is 63.9 Å². The van der Waals surface area contributed by atoms with Gasteiger partial charge in [-0.1, -0.05) is 28.1 Å². The zero-order valence-corrected chi connectivity index (χ0v) is 19.8. The van der Waals surface area contributed by atoms with Crippen molar-refractivity contribution in [1.82, 2.24) is 9.03 Å². The number of nitrogens with zero attached hydrogens (tertiary/aromatic N) is 1. The third kappa shape index (κ3) is 6.40. The van der Waals surface area contributed by atoms with E-state index in [9.17, 15) is 17.4 Å². The monoisotopic (exact) mass is 506 g/mol. The van der Waals surface area contributed by atoms with Gasteiger partial charge in [0.25, 0.3) is 0 Å². The predicted octanol–water partition coefficient (Wildman–Crippen LogP) is 3.16. The van der Waals surface area contributed by atoms with Crippen molar-refractivity contribution in [2.75, 3.05) is 26.2 Å². The summed E-state index contributed by atoms with van der Waals surface area (Å²) in [5, 5.41) is 0. The quantitative estimate of drug-likeness (QED) is 0.528. The molecule has 1 N–H and O–H groups in total. The topological polar surface area (TPSA) is 81.7 Å². The van der Waals surface area contributed by atoms with Crippen LogP contribution in [-0.2, 0) is 33.5 Å². The summed E-state index contributed by atoms with van der Waals surface area (Å²) in [5.74, 6) is -0.382. The maximum absolute atomic E-state index is 14.5. The minimum atomic E-state index is -3.83. The van der Waals surface area contributed by atoms with Gasteiger partial charge in [0, 0.05) is 35.0 Å². The highest BCUT2D eigenvalue weighted by Gasteiger charge is 2.39. The Morgan fingerprint density at radius 2 is 1.90 bits per heavy atom. The third-order valence-electron chi connectivity index (χ3n) is 4.40. The fraction of sp³-hybridized carbons (Fsp3) is 0.368. The van der Waals surface area contributed by atoms with E-state index in [1.165, 1.54) is 42.7 Å². The largest absolute Gasteiger partial charge is 0.598 e. The maximum Gasteiger partial charge on any atom is 0.216 e. The average Bonchev–Trinajstić information content (AvgIpc) is 2.63. The summed E-state index contributed by atoms with van der Waals surface area (Å²) in [6, 6.07) is 11.3. The molecule has 0 aliphatic rings. The summed E-state index contributed by atoms with van der Waals surface area (Å²) in [4.78, 5) is 0. The van der Waals surface area contributed by atoms with E-state index in [4.69, 9.17) is 4.74 Å². The first kappa shape index (κ1) is 24.1. The van der Waals surface area contributed by atoms with E-state index in [-0.39, 0.29) is 12.1 Å². The van der Waals surface area contributed by atoms with Gasteiger partial charge in [0.15, 0.2) is 0 Å². The Morgan fingerprint density at radius 1 is 1.28 bits per heavy atom. The summed E-state index contributed by atoms with van der Waals surface area (Å²) >= 11 is 1.71. The molecule has 6 nitrogen and oxygen atoms in total. The number of nitrogens with one attached hydrogen (secondary N) is 1. The zero-order valence-electron chi connectivity index (χ0n) is 16.6. The highest BCUT2D eigenvalue weighted by Crippen LogP contribution is 2.30. The van der Waals surface area contributed by atoms with Crippen molar-refractivity contribution >= 4 is 37.3 Å². The molecule has 29 heavy (non-hydrogen) atoms. The summed E-state index contributed by atoms with van der Waals surface area (Å²) in [6.45, 7) is 1.66. The van der Waals surface area contributed by atoms with Gasteiger partial charge < -0.3 is 9.29 Å². The molecule has 0 spiro atoms. The van der Waals surface area contributed by atoms with E-state index in [1.807, 2.05) is 0 Å². The number of rotatable bonds is 9. The number of methoxy groups -OCH3 is 1. The van der Waals surface area contributed by atoms with Gasteiger partial charge in [-0.05, 0) is 42.8 Å². The molecule has 1 unspecified atom stereocenters. The fourth-order valence-electron chi connectivity index (χ4n) is 2.96. The number of halogens is 2. The lowest BCUT2D eigenvalue weighted by atomic mass is 9.95. The molecular formula is C19H24BrFN2O4S2. The fourth-order valence-corrected chi connectivity index (χ4v) is 5.75. The van der Waals surface area contributed by atoms with Gasteiger partial charge in [0.05, 0.1) is 12.9 Å². The van der Waals surface area contributed by atoms with Crippen LogP contribution in [0.25, 0.3) is 0 Å². The molecule has 0 amide bonds. The first-order chi connectivity index (χ1) is 13.5. The van der Waals surface area contributed by atoms with Gasteiger partial charge in [-0.3, -0.25) is 0 Å². The molecule has 0 heterocycles.